The number of ether oxygens (including phenoxy) is 1. The van der Waals surface area contributed by atoms with Gasteiger partial charge in [0.25, 0.3) is 0 Å². The van der Waals surface area contributed by atoms with Gasteiger partial charge in [-0.05, 0) is 23.6 Å². The van der Waals surface area contributed by atoms with Crippen LogP contribution in [0.5, 0.6) is 5.75 Å². The number of ketones is 1. The first kappa shape index (κ1) is 16.7. The smallest absolute Gasteiger partial charge is 0.321 e. The minimum Gasteiger partial charge on any atom is -0.425 e. The number of hydrogen-bond acceptors (Lipinski definition) is 4. The minimum absolute atomic E-state index is 0.170. The molecule has 1 aliphatic rings. The molecule has 124 valence electrons. The van der Waals surface area contributed by atoms with Crippen molar-refractivity contribution < 1.29 is 18.7 Å². The highest BCUT2D eigenvalue weighted by Gasteiger charge is 2.33. The van der Waals surface area contributed by atoms with E-state index < -0.39 is 11.8 Å². The van der Waals surface area contributed by atoms with Crippen LogP contribution in [0.25, 0.3) is 0 Å². The Morgan fingerprint density at radius 3 is 2.75 bits per heavy atom. The van der Waals surface area contributed by atoms with Crippen molar-refractivity contribution in [2.75, 3.05) is 5.75 Å². The Labute approximate surface area is 144 Å². The number of esters is 1. The van der Waals surface area contributed by atoms with Crippen LogP contribution in [0.3, 0.4) is 0 Å². The molecular formula is C19H17FO3S. The normalized spacial score (nSPS) is 16.1. The van der Waals surface area contributed by atoms with Crippen molar-refractivity contribution in [3.8, 4) is 5.75 Å². The van der Waals surface area contributed by atoms with Gasteiger partial charge in [0.05, 0.1) is 11.3 Å². The second kappa shape index (κ2) is 7.18. The maximum absolute atomic E-state index is 13.9. The van der Waals surface area contributed by atoms with Crippen LogP contribution in [0, 0.1) is 5.82 Å². The summed E-state index contributed by atoms with van der Waals surface area (Å²) in [5.41, 5.74) is 1.72. The van der Waals surface area contributed by atoms with Crippen molar-refractivity contribution >= 4 is 23.5 Å². The van der Waals surface area contributed by atoms with E-state index in [0.717, 1.165) is 5.56 Å². The third kappa shape index (κ3) is 3.51. The SMILES string of the molecule is CC1CC(=O)c2c(OC(=O)CSCc3ccccc3)ccc(F)c21. The largest absolute Gasteiger partial charge is 0.425 e. The molecule has 1 unspecified atom stereocenters. The molecule has 0 aliphatic heterocycles. The van der Waals surface area contributed by atoms with Gasteiger partial charge in [-0.25, -0.2) is 4.39 Å². The Morgan fingerprint density at radius 2 is 2.00 bits per heavy atom. The number of halogens is 1. The lowest BCUT2D eigenvalue weighted by atomic mass is 10.0. The van der Waals surface area contributed by atoms with E-state index in [0.29, 0.717) is 11.3 Å². The second-order valence-electron chi connectivity index (χ2n) is 5.82. The monoisotopic (exact) mass is 344 g/mol. The molecule has 3 nitrogen and oxygen atoms in total. The molecule has 2 aromatic carbocycles. The van der Waals surface area contributed by atoms with E-state index in [2.05, 4.69) is 0 Å². The van der Waals surface area contributed by atoms with Gasteiger partial charge in [0.2, 0.25) is 0 Å². The predicted molar refractivity (Wildman–Crippen MR) is 92.0 cm³/mol. The molecule has 1 atom stereocenters. The maximum atomic E-state index is 13.9. The van der Waals surface area contributed by atoms with Gasteiger partial charge < -0.3 is 4.74 Å². The molecule has 0 spiro atoms. The maximum Gasteiger partial charge on any atom is 0.321 e. The molecular weight excluding hydrogens is 327 g/mol. The van der Waals surface area contributed by atoms with Gasteiger partial charge in [-0.1, -0.05) is 37.3 Å². The van der Waals surface area contributed by atoms with Gasteiger partial charge in [-0.15, -0.1) is 11.8 Å². The molecule has 24 heavy (non-hydrogen) atoms. The summed E-state index contributed by atoms with van der Waals surface area (Å²) >= 11 is 1.44. The van der Waals surface area contributed by atoms with Gasteiger partial charge in [0.1, 0.15) is 11.6 Å². The standard InChI is InChI=1S/C19H17FO3S/c1-12-9-15(21)19-16(8-7-14(20)18(12)19)23-17(22)11-24-10-13-5-3-2-4-6-13/h2-8,12H,9-11H2,1H3. The molecule has 0 bridgehead atoms. The van der Waals surface area contributed by atoms with Crippen LogP contribution in [0.15, 0.2) is 42.5 Å². The number of fused-ring (bicyclic) bond motifs is 1. The lowest BCUT2D eigenvalue weighted by molar-refractivity contribution is -0.131. The van der Waals surface area contributed by atoms with Gasteiger partial charge in [0, 0.05) is 17.7 Å². The first-order chi connectivity index (χ1) is 11.6. The van der Waals surface area contributed by atoms with Gasteiger partial charge >= 0.3 is 5.97 Å². The van der Waals surface area contributed by atoms with Crippen molar-refractivity contribution in [3.05, 3.63) is 65.0 Å². The van der Waals surface area contributed by atoms with Gasteiger partial charge in [-0.3, -0.25) is 9.59 Å². The van der Waals surface area contributed by atoms with Crippen LogP contribution in [0.4, 0.5) is 4.39 Å². The molecule has 5 heteroatoms. The van der Waals surface area contributed by atoms with Crippen LogP contribution >= 0.6 is 11.8 Å². The van der Waals surface area contributed by atoms with E-state index in [1.54, 1.807) is 6.92 Å². The summed E-state index contributed by atoms with van der Waals surface area (Å²) in [6.45, 7) is 1.80. The summed E-state index contributed by atoms with van der Waals surface area (Å²) in [6.07, 6.45) is 0.254. The molecule has 0 heterocycles. The quantitative estimate of drug-likeness (QED) is 0.597. The average Bonchev–Trinajstić information content (AvgIpc) is 2.87. The molecule has 0 fully saturated rings. The molecule has 0 N–H and O–H groups in total. The van der Waals surface area contributed by atoms with E-state index >= 15 is 0 Å². The third-order valence-electron chi connectivity index (χ3n) is 3.97. The first-order valence-corrected chi connectivity index (χ1v) is 8.89. The lowest BCUT2D eigenvalue weighted by Gasteiger charge is -2.10. The number of carbonyl (C=O) groups is 2. The van der Waals surface area contributed by atoms with Crippen LogP contribution < -0.4 is 4.74 Å². The number of thioether (sulfide) groups is 1. The molecule has 1 aliphatic carbocycles. The zero-order chi connectivity index (χ0) is 17.1. The van der Waals surface area contributed by atoms with Crippen LogP contribution in [-0.2, 0) is 10.5 Å². The van der Waals surface area contributed by atoms with Crippen LogP contribution in [-0.4, -0.2) is 17.5 Å². The topological polar surface area (TPSA) is 43.4 Å². The number of Topliss-reactive ketones (excluding diaryl/α,β-unsaturated/α-hetero) is 1. The lowest BCUT2D eigenvalue weighted by Crippen LogP contribution is -2.13. The number of hydrogen-bond donors (Lipinski definition) is 0. The molecule has 0 radical (unpaired) electrons. The van der Waals surface area contributed by atoms with Crippen molar-refractivity contribution in [2.45, 2.75) is 25.0 Å². The van der Waals surface area contributed by atoms with Crippen molar-refractivity contribution in [1.29, 1.82) is 0 Å². The predicted octanol–water partition coefficient (Wildman–Crippen LogP) is 4.35. The molecule has 0 aromatic heterocycles. The summed E-state index contributed by atoms with van der Waals surface area (Å²) in [4.78, 5) is 24.1. The Kier molecular flexibility index (Phi) is 5.00. The number of benzene rings is 2. The second-order valence-corrected chi connectivity index (χ2v) is 6.80. The van der Waals surface area contributed by atoms with Crippen LogP contribution in [0.1, 0.15) is 40.7 Å². The highest BCUT2D eigenvalue weighted by molar-refractivity contribution is 7.99. The Morgan fingerprint density at radius 1 is 1.25 bits per heavy atom. The number of rotatable bonds is 5. The molecule has 2 aromatic rings. The van der Waals surface area contributed by atoms with E-state index in [1.807, 2.05) is 30.3 Å². The van der Waals surface area contributed by atoms with E-state index in [9.17, 15) is 14.0 Å². The summed E-state index contributed by atoms with van der Waals surface area (Å²) in [5.74, 6) is -0.154. The van der Waals surface area contributed by atoms with Gasteiger partial charge in [-0.2, -0.15) is 0 Å². The molecule has 0 saturated carbocycles. The van der Waals surface area contributed by atoms with E-state index in [1.165, 1.54) is 23.9 Å². The summed E-state index contributed by atoms with van der Waals surface area (Å²) in [7, 11) is 0. The highest BCUT2D eigenvalue weighted by Crippen LogP contribution is 2.39. The number of carbonyl (C=O) groups excluding carboxylic acids is 2. The van der Waals surface area contributed by atoms with Crippen molar-refractivity contribution in [1.82, 2.24) is 0 Å². The summed E-state index contributed by atoms with van der Waals surface area (Å²) < 4.78 is 19.2. The fourth-order valence-corrected chi connectivity index (χ4v) is 3.65. The first-order valence-electron chi connectivity index (χ1n) is 7.74. The molecule has 0 saturated heterocycles. The zero-order valence-corrected chi connectivity index (χ0v) is 14.1. The summed E-state index contributed by atoms with van der Waals surface area (Å²) in [6, 6.07) is 12.4. The molecule has 0 amide bonds. The van der Waals surface area contributed by atoms with E-state index in [-0.39, 0.29) is 35.2 Å². The highest BCUT2D eigenvalue weighted by atomic mass is 32.2. The average molecular weight is 344 g/mol. The van der Waals surface area contributed by atoms with Crippen LogP contribution in [0.2, 0.25) is 0 Å². The summed E-state index contributed by atoms with van der Waals surface area (Å²) in [5, 5.41) is 0. The fourth-order valence-electron chi connectivity index (χ4n) is 2.89. The Balaban J connectivity index is 1.64. The minimum atomic E-state index is -0.433. The third-order valence-corrected chi connectivity index (χ3v) is 4.95. The van der Waals surface area contributed by atoms with E-state index in [4.69, 9.17) is 4.74 Å². The Hall–Kier alpha value is -2.14. The van der Waals surface area contributed by atoms with Crippen molar-refractivity contribution in [3.63, 3.8) is 0 Å². The van der Waals surface area contributed by atoms with Crippen molar-refractivity contribution in [2.24, 2.45) is 0 Å². The zero-order valence-electron chi connectivity index (χ0n) is 13.3. The fraction of sp³-hybridized carbons (Fsp3) is 0.263. The Bertz CT molecular complexity index is 774. The molecule has 3 rings (SSSR count). The van der Waals surface area contributed by atoms with Gasteiger partial charge in [0.15, 0.2) is 5.78 Å².